The first kappa shape index (κ1) is 14.3. The molecule has 5 heteroatoms. The lowest BCUT2D eigenvalue weighted by Gasteiger charge is -2.07. The number of aryl methyl sites for hydroxylation is 2. The van der Waals surface area contributed by atoms with E-state index in [1.165, 1.54) is 17.5 Å². The summed E-state index contributed by atoms with van der Waals surface area (Å²) in [4.78, 5) is 23.7. The van der Waals surface area contributed by atoms with Crippen LogP contribution in [0.25, 0.3) is 11.0 Å². The van der Waals surface area contributed by atoms with Crippen LogP contribution >= 0.6 is 0 Å². The number of hydrogen-bond acceptors (Lipinski definition) is 5. The van der Waals surface area contributed by atoms with Crippen LogP contribution in [0.15, 0.2) is 22.8 Å². The molecule has 2 aliphatic rings. The van der Waals surface area contributed by atoms with Crippen molar-refractivity contribution in [1.82, 2.24) is 0 Å². The molecular formula is C18H18O5. The molecule has 0 bridgehead atoms. The van der Waals surface area contributed by atoms with Crippen LogP contribution in [-0.4, -0.2) is 24.1 Å². The summed E-state index contributed by atoms with van der Waals surface area (Å²) in [5, 5.41) is 0.963. The Labute approximate surface area is 133 Å². The van der Waals surface area contributed by atoms with E-state index in [0.29, 0.717) is 6.42 Å². The Bertz CT molecular complexity index is 788. The molecule has 2 aromatic rings. The summed E-state index contributed by atoms with van der Waals surface area (Å²) in [7, 11) is 0. The van der Waals surface area contributed by atoms with Crippen molar-refractivity contribution in [3.05, 3.63) is 35.1 Å². The number of benzene rings is 1. The number of carbonyl (C=O) groups is 2. The quantitative estimate of drug-likeness (QED) is 0.815. The highest BCUT2D eigenvalue weighted by molar-refractivity contribution is 5.88. The van der Waals surface area contributed by atoms with Gasteiger partial charge < -0.3 is 13.9 Å². The van der Waals surface area contributed by atoms with Gasteiger partial charge in [-0.15, -0.1) is 0 Å². The first-order valence-electron chi connectivity index (χ1n) is 8.02. The molecule has 5 nitrogen and oxygen atoms in total. The van der Waals surface area contributed by atoms with Gasteiger partial charge in [0.25, 0.3) is 0 Å². The van der Waals surface area contributed by atoms with Gasteiger partial charge in [-0.3, -0.25) is 4.79 Å². The highest BCUT2D eigenvalue weighted by Gasteiger charge is 2.35. The van der Waals surface area contributed by atoms with Crippen molar-refractivity contribution in [2.45, 2.75) is 51.2 Å². The Morgan fingerprint density at radius 1 is 1.30 bits per heavy atom. The van der Waals surface area contributed by atoms with E-state index < -0.39 is 18.0 Å². The molecule has 1 aromatic carbocycles. The third-order valence-electron chi connectivity index (χ3n) is 4.60. The zero-order valence-corrected chi connectivity index (χ0v) is 13.0. The largest absolute Gasteiger partial charge is 0.464 e. The summed E-state index contributed by atoms with van der Waals surface area (Å²) < 4.78 is 15.8. The maximum absolute atomic E-state index is 12.1. The van der Waals surface area contributed by atoms with Gasteiger partial charge in [-0.25, -0.2) is 4.79 Å². The van der Waals surface area contributed by atoms with Gasteiger partial charge in [-0.05, 0) is 49.4 Å². The summed E-state index contributed by atoms with van der Waals surface area (Å²) in [6, 6.07) is 4.19. The van der Waals surface area contributed by atoms with Gasteiger partial charge in [0.1, 0.15) is 11.7 Å². The SMILES string of the molecule is CC1CC(OC(=O)Cc2coc3cc4c(cc23)CCC4)C(=O)O1. The van der Waals surface area contributed by atoms with E-state index in [4.69, 9.17) is 13.9 Å². The lowest BCUT2D eigenvalue weighted by molar-refractivity contribution is -0.160. The summed E-state index contributed by atoms with van der Waals surface area (Å²) in [6.45, 7) is 1.79. The second-order valence-electron chi connectivity index (χ2n) is 6.37. The summed E-state index contributed by atoms with van der Waals surface area (Å²) in [5.74, 6) is -0.884. The number of carbonyl (C=O) groups excluding carboxylic acids is 2. The third kappa shape index (κ3) is 2.60. The van der Waals surface area contributed by atoms with E-state index >= 15 is 0 Å². The second kappa shape index (κ2) is 5.41. The summed E-state index contributed by atoms with van der Waals surface area (Å²) in [5.41, 5.74) is 4.28. The van der Waals surface area contributed by atoms with Crippen LogP contribution in [-0.2, 0) is 38.3 Å². The van der Waals surface area contributed by atoms with Gasteiger partial charge in [-0.1, -0.05) is 0 Å². The number of ether oxygens (including phenoxy) is 2. The lowest BCUT2D eigenvalue weighted by Crippen LogP contribution is -2.23. The van der Waals surface area contributed by atoms with E-state index in [1.807, 2.05) is 0 Å². The number of furan rings is 1. The van der Waals surface area contributed by atoms with Crippen LogP contribution in [0.1, 0.15) is 36.5 Å². The topological polar surface area (TPSA) is 65.7 Å². The summed E-state index contributed by atoms with van der Waals surface area (Å²) >= 11 is 0. The van der Waals surface area contributed by atoms with E-state index in [1.54, 1.807) is 13.2 Å². The molecule has 1 aliphatic carbocycles. The Kier molecular flexibility index (Phi) is 3.36. The molecule has 0 saturated carbocycles. The first-order valence-corrected chi connectivity index (χ1v) is 8.02. The van der Waals surface area contributed by atoms with Crippen molar-refractivity contribution in [2.75, 3.05) is 0 Å². The highest BCUT2D eigenvalue weighted by Crippen LogP contribution is 2.30. The van der Waals surface area contributed by atoms with Crippen molar-refractivity contribution >= 4 is 22.9 Å². The molecule has 2 unspecified atom stereocenters. The standard InChI is InChI=1S/C18H18O5/c1-10-5-16(18(20)22-10)23-17(19)8-13-9-21-15-7-12-4-2-3-11(12)6-14(13)15/h6-7,9-10,16H,2-5,8H2,1H3. The Morgan fingerprint density at radius 3 is 2.83 bits per heavy atom. The fourth-order valence-electron chi connectivity index (χ4n) is 3.46. The minimum atomic E-state index is -0.778. The zero-order chi connectivity index (χ0) is 16.0. The van der Waals surface area contributed by atoms with Crippen LogP contribution in [0.3, 0.4) is 0 Å². The maximum Gasteiger partial charge on any atom is 0.347 e. The first-order chi connectivity index (χ1) is 11.1. The van der Waals surface area contributed by atoms with Crippen LogP contribution < -0.4 is 0 Å². The van der Waals surface area contributed by atoms with Gasteiger partial charge in [0.15, 0.2) is 0 Å². The molecule has 0 spiro atoms. The van der Waals surface area contributed by atoms with Crippen molar-refractivity contribution in [3.63, 3.8) is 0 Å². The van der Waals surface area contributed by atoms with E-state index in [-0.39, 0.29) is 12.5 Å². The predicted molar refractivity (Wildman–Crippen MR) is 82.0 cm³/mol. The molecule has 120 valence electrons. The highest BCUT2D eigenvalue weighted by atomic mass is 16.6. The van der Waals surface area contributed by atoms with Gasteiger partial charge >= 0.3 is 11.9 Å². The fourth-order valence-corrected chi connectivity index (χ4v) is 3.46. The van der Waals surface area contributed by atoms with Crippen LogP contribution in [0.4, 0.5) is 0 Å². The Morgan fingerprint density at radius 2 is 2.09 bits per heavy atom. The zero-order valence-electron chi connectivity index (χ0n) is 13.0. The normalized spacial score (nSPS) is 23.1. The number of rotatable bonds is 3. The molecule has 0 N–H and O–H groups in total. The Balaban J connectivity index is 1.51. The average molecular weight is 314 g/mol. The molecule has 1 saturated heterocycles. The third-order valence-corrected chi connectivity index (χ3v) is 4.60. The Hall–Kier alpha value is -2.30. The van der Waals surface area contributed by atoms with E-state index in [0.717, 1.165) is 29.4 Å². The van der Waals surface area contributed by atoms with E-state index in [2.05, 4.69) is 12.1 Å². The molecule has 0 radical (unpaired) electrons. The molecule has 1 aliphatic heterocycles. The maximum atomic E-state index is 12.1. The van der Waals surface area contributed by atoms with Crippen LogP contribution in [0.2, 0.25) is 0 Å². The van der Waals surface area contributed by atoms with E-state index in [9.17, 15) is 9.59 Å². The van der Waals surface area contributed by atoms with Crippen molar-refractivity contribution in [2.24, 2.45) is 0 Å². The lowest BCUT2D eigenvalue weighted by atomic mass is 10.0. The fraction of sp³-hybridized carbons (Fsp3) is 0.444. The number of cyclic esters (lactones) is 1. The van der Waals surface area contributed by atoms with Crippen LogP contribution in [0, 0.1) is 0 Å². The smallest absolute Gasteiger partial charge is 0.347 e. The van der Waals surface area contributed by atoms with Crippen molar-refractivity contribution < 1.29 is 23.5 Å². The van der Waals surface area contributed by atoms with Gasteiger partial charge in [0, 0.05) is 17.4 Å². The molecule has 2 atom stereocenters. The number of esters is 2. The van der Waals surface area contributed by atoms with Crippen LogP contribution in [0.5, 0.6) is 0 Å². The average Bonchev–Trinajstić information content (AvgIpc) is 3.18. The molecule has 1 fully saturated rings. The van der Waals surface area contributed by atoms with Crippen molar-refractivity contribution in [3.8, 4) is 0 Å². The molecule has 2 heterocycles. The predicted octanol–water partition coefficient (Wildman–Crippen LogP) is 2.71. The second-order valence-corrected chi connectivity index (χ2v) is 6.37. The minimum Gasteiger partial charge on any atom is -0.464 e. The monoisotopic (exact) mass is 314 g/mol. The number of fused-ring (bicyclic) bond motifs is 2. The van der Waals surface area contributed by atoms with Crippen molar-refractivity contribution in [1.29, 1.82) is 0 Å². The molecule has 0 amide bonds. The molecule has 23 heavy (non-hydrogen) atoms. The minimum absolute atomic E-state index is 0.101. The molecular weight excluding hydrogens is 296 g/mol. The molecule has 4 rings (SSSR count). The van der Waals surface area contributed by atoms with Gasteiger partial charge in [0.2, 0.25) is 6.10 Å². The summed E-state index contributed by atoms with van der Waals surface area (Å²) in [6.07, 6.45) is 4.49. The van der Waals surface area contributed by atoms with Gasteiger partial charge in [-0.2, -0.15) is 0 Å². The van der Waals surface area contributed by atoms with Gasteiger partial charge in [0.05, 0.1) is 12.7 Å². The molecule has 1 aromatic heterocycles. The number of hydrogen-bond donors (Lipinski definition) is 0.